The monoisotopic (exact) mass is 417 g/mol. The van der Waals surface area contributed by atoms with Crippen molar-refractivity contribution in [2.75, 3.05) is 0 Å². The number of halogens is 4. The zero-order valence-corrected chi connectivity index (χ0v) is 15.6. The van der Waals surface area contributed by atoms with Crippen LogP contribution in [0.1, 0.15) is 33.2 Å². The van der Waals surface area contributed by atoms with Crippen LogP contribution in [0.25, 0.3) is 0 Å². The molecule has 28 heavy (non-hydrogen) atoms. The molecule has 0 aliphatic heterocycles. The number of carbonyl (C=O) groups excluding carboxylic acids is 1. The molecule has 2 aromatic carbocycles. The van der Waals surface area contributed by atoms with Gasteiger partial charge in [0, 0.05) is 22.3 Å². The number of hydrogen-bond donors (Lipinski definition) is 1. The Morgan fingerprint density at radius 2 is 1.79 bits per heavy atom. The van der Waals surface area contributed by atoms with Crippen molar-refractivity contribution >= 4 is 29.1 Å². The molecule has 0 aliphatic carbocycles. The molecular formula is C20H11Cl2F2N3O. The van der Waals surface area contributed by atoms with Gasteiger partial charge < -0.3 is 5.32 Å². The number of carbonyl (C=O) groups is 1. The summed E-state index contributed by atoms with van der Waals surface area (Å²) >= 11 is 11.7. The summed E-state index contributed by atoms with van der Waals surface area (Å²) in [5.74, 6) is -2.13. The lowest BCUT2D eigenvalue weighted by molar-refractivity contribution is 0.0941. The van der Waals surface area contributed by atoms with E-state index in [1.54, 1.807) is 18.2 Å². The smallest absolute Gasteiger partial charge is 0.252 e. The summed E-state index contributed by atoms with van der Waals surface area (Å²) in [6, 6.07) is 11.3. The van der Waals surface area contributed by atoms with Gasteiger partial charge in [0.1, 0.15) is 17.7 Å². The topological polar surface area (TPSA) is 65.8 Å². The molecule has 0 spiro atoms. The second-order valence-electron chi connectivity index (χ2n) is 5.78. The van der Waals surface area contributed by atoms with Gasteiger partial charge in [-0.25, -0.2) is 8.78 Å². The number of rotatable bonds is 4. The number of aromatic nitrogens is 1. The minimum absolute atomic E-state index is 0.0233. The van der Waals surface area contributed by atoms with Gasteiger partial charge in [-0.2, -0.15) is 5.26 Å². The largest absolute Gasteiger partial charge is 0.339 e. The first-order valence-electron chi connectivity index (χ1n) is 7.96. The van der Waals surface area contributed by atoms with Gasteiger partial charge in [0.15, 0.2) is 0 Å². The van der Waals surface area contributed by atoms with Gasteiger partial charge in [0.05, 0.1) is 22.3 Å². The minimum Gasteiger partial charge on any atom is -0.339 e. The van der Waals surface area contributed by atoms with E-state index in [-0.39, 0.29) is 21.7 Å². The normalized spacial score (nSPS) is 11.5. The average Bonchev–Trinajstić information content (AvgIpc) is 2.67. The molecule has 1 atom stereocenters. The summed E-state index contributed by atoms with van der Waals surface area (Å²) in [5.41, 5.74) is 0.246. The second-order valence-corrected chi connectivity index (χ2v) is 6.65. The maximum atomic E-state index is 14.5. The highest BCUT2D eigenvalue weighted by Gasteiger charge is 2.23. The summed E-state index contributed by atoms with van der Waals surface area (Å²) in [5, 5.41) is 12.0. The minimum atomic E-state index is -0.972. The molecule has 0 saturated heterocycles. The third kappa shape index (κ3) is 4.28. The predicted molar refractivity (Wildman–Crippen MR) is 101 cm³/mol. The van der Waals surface area contributed by atoms with Crippen LogP contribution in [0.2, 0.25) is 10.0 Å². The zero-order chi connectivity index (χ0) is 20.3. The molecule has 0 aliphatic rings. The maximum Gasteiger partial charge on any atom is 0.252 e. The SMILES string of the molecule is N#Cc1ccc(C(=O)N[C@H](c2ccc(Cl)cn2)c2ccc(Cl)cc2F)cc1F. The summed E-state index contributed by atoms with van der Waals surface area (Å²) in [6.07, 6.45) is 1.37. The van der Waals surface area contributed by atoms with Crippen molar-refractivity contribution in [3.63, 3.8) is 0 Å². The molecule has 0 saturated carbocycles. The number of nitriles is 1. The van der Waals surface area contributed by atoms with Crippen LogP contribution in [0.15, 0.2) is 54.7 Å². The van der Waals surface area contributed by atoms with Crippen LogP contribution in [-0.2, 0) is 0 Å². The molecule has 0 fully saturated rings. The first kappa shape index (κ1) is 19.7. The van der Waals surface area contributed by atoms with E-state index in [0.29, 0.717) is 10.7 Å². The van der Waals surface area contributed by atoms with Crippen LogP contribution in [0.4, 0.5) is 8.78 Å². The van der Waals surface area contributed by atoms with Crippen molar-refractivity contribution in [1.29, 1.82) is 5.26 Å². The van der Waals surface area contributed by atoms with Crippen LogP contribution in [0, 0.1) is 23.0 Å². The van der Waals surface area contributed by atoms with E-state index in [0.717, 1.165) is 12.1 Å². The predicted octanol–water partition coefficient (Wildman–Crippen LogP) is 5.06. The Balaban J connectivity index is 1.99. The van der Waals surface area contributed by atoms with Gasteiger partial charge in [-0.15, -0.1) is 0 Å². The van der Waals surface area contributed by atoms with E-state index in [1.165, 1.54) is 30.5 Å². The summed E-state index contributed by atoms with van der Waals surface area (Å²) < 4.78 is 28.3. The van der Waals surface area contributed by atoms with Crippen molar-refractivity contribution in [3.8, 4) is 6.07 Å². The summed E-state index contributed by atoms with van der Waals surface area (Å²) in [6.45, 7) is 0. The molecule has 0 bridgehead atoms. The molecule has 1 N–H and O–H groups in total. The fraction of sp³-hybridized carbons (Fsp3) is 0.0500. The van der Waals surface area contributed by atoms with Crippen LogP contribution in [0.3, 0.4) is 0 Å². The molecule has 3 aromatic rings. The highest BCUT2D eigenvalue weighted by atomic mass is 35.5. The Bertz CT molecular complexity index is 1080. The van der Waals surface area contributed by atoms with Crippen molar-refractivity contribution in [2.24, 2.45) is 0 Å². The molecule has 140 valence electrons. The van der Waals surface area contributed by atoms with Gasteiger partial charge in [0.2, 0.25) is 0 Å². The van der Waals surface area contributed by atoms with Gasteiger partial charge in [-0.3, -0.25) is 9.78 Å². The molecule has 0 unspecified atom stereocenters. The fourth-order valence-corrected chi connectivity index (χ4v) is 2.84. The van der Waals surface area contributed by atoms with Crippen LogP contribution in [-0.4, -0.2) is 10.9 Å². The number of amides is 1. The van der Waals surface area contributed by atoms with Crippen molar-refractivity contribution in [1.82, 2.24) is 10.3 Å². The molecule has 8 heteroatoms. The van der Waals surface area contributed by atoms with Crippen molar-refractivity contribution in [2.45, 2.75) is 6.04 Å². The maximum absolute atomic E-state index is 14.5. The van der Waals surface area contributed by atoms with E-state index in [4.69, 9.17) is 28.5 Å². The fourth-order valence-electron chi connectivity index (χ4n) is 2.57. The first-order valence-corrected chi connectivity index (χ1v) is 8.71. The highest BCUT2D eigenvalue weighted by Crippen LogP contribution is 2.26. The third-order valence-electron chi connectivity index (χ3n) is 3.95. The number of nitrogens with zero attached hydrogens (tertiary/aromatic N) is 2. The first-order chi connectivity index (χ1) is 13.4. The van der Waals surface area contributed by atoms with Crippen LogP contribution < -0.4 is 5.32 Å². The molecular weight excluding hydrogens is 407 g/mol. The van der Waals surface area contributed by atoms with Gasteiger partial charge >= 0.3 is 0 Å². The lowest BCUT2D eigenvalue weighted by Gasteiger charge is -2.20. The average molecular weight is 418 g/mol. The molecule has 1 heterocycles. The van der Waals surface area contributed by atoms with Crippen LogP contribution >= 0.6 is 23.2 Å². The van der Waals surface area contributed by atoms with Gasteiger partial charge in [-0.05, 0) is 42.5 Å². The molecule has 4 nitrogen and oxygen atoms in total. The molecule has 1 amide bonds. The van der Waals surface area contributed by atoms with Gasteiger partial charge in [0.25, 0.3) is 5.91 Å². The standard InChI is InChI=1S/C20H11Cl2F2N3O/c21-13-3-5-15(17(24)8-13)19(18-6-4-14(22)10-26-18)27-20(28)11-1-2-12(9-25)16(23)7-11/h1-8,10,19H,(H,27,28)/t19-/m0/s1. The van der Waals surface area contributed by atoms with E-state index in [2.05, 4.69) is 10.3 Å². The van der Waals surface area contributed by atoms with Crippen LogP contribution in [0.5, 0.6) is 0 Å². The number of hydrogen-bond acceptors (Lipinski definition) is 3. The van der Waals surface area contributed by atoms with E-state index >= 15 is 0 Å². The number of nitrogens with one attached hydrogen (secondary N) is 1. The Labute approximate surface area is 169 Å². The Kier molecular flexibility index (Phi) is 5.88. The summed E-state index contributed by atoms with van der Waals surface area (Å²) in [4.78, 5) is 16.8. The Morgan fingerprint density at radius 3 is 2.39 bits per heavy atom. The molecule has 1 aromatic heterocycles. The number of benzene rings is 2. The zero-order valence-electron chi connectivity index (χ0n) is 14.1. The van der Waals surface area contributed by atoms with Gasteiger partial charge in [-0.1, -0.05) is 29.3 Å². The quantitative estimate of drug-likeness (QED) is 0.645. The molecule has 0 radical (unpaired) electrons. The Hall–Kier alpha value is -3.01. The summed E-state index contributed by atoms with van der Waals surface area (Å²) in [7, 11) is 0. The third-order valence-corrected chi connectivity index (χ3v) is 4.41. The second kappa shape index (κ2) is 8.34. The van der Waals surface area contributed by atoms with E-state index in [9.17, 15) is 13.6 Å². The number of pyridine rings is 1. The molecule has 3 rings (SSSR count). The lowest BCUT2D eigenvalue weighted by Crippen LogP contribution is -2.30. The van der Waals surface area contributed by atoms with Crippen molar-refractivity contribution in [3.05, 3.63) is 98.8 Å². The van der Waals surface area contributed by atoms with E-state index < -0.39 is 23.6 Å². The highest BCUT2D eigenvalue weighted by molar-refractivity contribution is 6.30. The lowest BCUT2D eigenvalue weighted by atomic mass is 10.0. The van der Waals surface area contributed by atoms with E-state index in [1.807, 2.05) is 0 Å². The Morgan fingerprint density at radius 1 is 1.04 bits per heavy atom. The van der Waals surface area contributed by atoms with Crippen molar-refractivity contribution < 1.29 is 13.6 Å².